The zero-order chi connectivity index (χ0) is 13.6. The molecule has 0 aromatic heterocycles. The predicted octanol–water partition coefficient (Wildman–Crippen LogP) is 2.71. The predicted molar refractivity (Wildman–Crippen MR) is 84.3 cm³/mol. The van der Waals surface area contributed by atoms with Gasteiger partial charge < -0.3 is 10.6 Å². The molecule has 2 aromatic rings. The van der Waals surface area contributed by atoms with Gasteiger partial charge in [-0.1, -0.05) is 48.5 Å². The Morgan fingerprint density at radius 1 is 1.00 bits per heavy atom. The second-order valence-electron chi connectivity index (χ2n) is 4.95. The van der Waals surface area contributed by atoms with Crippen molar-refractivity contribution in [2.45, 2.75) is 12.5 Å². The van der Waals surface area contributed by atoms with Gasteiger partial charge in [-0.15, -0.1) is 0 Å². The molecule has 2 aromatic carbocycles. The molecule has 0 fully saturated rings. The van der Waals surface area contributed by atoms with Gasteiger partial charge in [-0.2, -0.15) is 0 Å². The minimum absolute atomic E-state index is 0.197. The van der Waals surface area contributed by atoms with E-state index in [9.17, 15) is 0 Å². The molecule has 0 saturated carbocycles. The number of para-hydroxylation sites is 1. The first-order valence-corrected chi connectivity index (χ1v) is 7.05. The van der Waals surface area contributed by atoms with E-state index in [0.29, 0.717) is 0 Å². The fourth-order valence-corrected chi connectivity index (χ4v) is 2.45. The van der Waals surface area contributed by atoms with Crippen LogP contribution in [0.25, 0.3) is 0 Å². The number of amidine groups is 1. The van der Waals surface area contributed by atoms with Crippen LogP contribution in [0.5, 0.6) is 0 Å². The number of benzene rings is 2. The summed E-state index contributed by atoms with van der Waals surface area (Å²) in [6, 6.07) is 21.0. The molecular weight excluding hydrogens is 246 g/mol. The van der Waals surface area contributed by atoms with Gasteiger partial charge in [-0.3, -0.25) is 4.99 Å². The maximum absolute atomic E-state index is 4.57. The first-order chi connectivity index (χ1) is 9.92. The Kier molecular flexibility index (Phi) is 3.97. The third-order valence-electron chi connectivity index (χ3n) is 3.43. The third-order valence-corrected chi connectivity index (χ3v) is 3.43. The molecule has 0 saturated heterocycles. The van der Waals surface area contributed by atoms with Crippen molar-refractivity contribution in [2.75, 3.05) is 18.4 Å². The van der Waals surface area contributed by atoms with Crippen LogP contribution in [-0.4, -0.2) is 25.0 Å². The molecule has 1 aliphatic rings. The molecule has 1 heterocycles. The summed E-state index contributed by atoms with van der Waals surface area (Å²) in [5.74, 6) is 1.07. The van der Waals surface area contributed by atoms with Crippen LogP contribution in [0.4, 0.5) is 5.69 Å². The van der Waals surface area contributed by atoms with E-state index in [1.54, 1.807) is 0 Å². The van der Waals surface area contributed by atoms with Crippen molar-refractivity contribution in [1.82, 2.24) is 5.32 Å². The van der Waals surface area contributed by atoms with Crippen molar-refractivity contribution in [3.63, 3.8) is 0 Å². The first-order valence-electron chi connectivity index (χ1n) is 7.05. The van der Waals surface area contributed by atoms with Crippen LogP contribution in [-0.2, 0) is 6.42 Å². The van der Waals surface area contributed by atoms with E-state index >= 15 is 0 Å². The van der Waals surface area contributed by atoms with Crippen molar-refractivity contribution < 1.29 is 0 Å². The molecule has 1 atom stereocenters. The Labute approximate surface area is 119 Å². The first kappa shape index (κ1) is 12.7. The Balaban J connectivity index is 1.77. The quantitative estimate of drug-likeness (QED) is 0.872. The molecular formula is C17H19N3. The molecule has 102 valence electrons. The monoisotopic (exact) mass is 265 g/mol. The number of rotatable bonds is 5. The number of hydrogen-bond donors (Lipinski definition) is 2. The lowest BCUT2D eigenvalue weighted by Gasteiger charge is -2.20. The number of nitrogens with one attached hydrogen (secondary N) is 2. The fourth-order valence-electron chi connectivity index (χ4n) is 2.45. The summed E-state index contributed by atoms with van der Waals surface area (Å²) in [5, 5.41) is 6.96. The molecule has 0 spiro atoms. The van der Waals surface area contributed by atoms with Gasteiger partial charge in [0.15, 0.2) is 0 Å². The topological polar surface area (TPSA) is 36.4 Å². The summed E-state index contributed by atoms with van der Waals surface area (Å²) >= 11 is 0. The Morgan fingerprint density at radius 3 is 2.35 bits per heavy atom. The smallest absolute Gasteiger partial charge is 0.119 e. The van der Waals surface area contributed by atoms with Crippen LogP contribution < -0.4 is 10.6 Å². The molecule has 3 rings (SSSR count). The molecule has 3 nitrogen and oxygen atoms in total. The van der Waals surface area contributed by atoms with E-state index in [-0.39, 0.29) is 6.04 Å². The lowest BCUT2D eigenvalue weighted by atomic mass is 10.0. The fraction of sp³-hybridized carbons (Fsp3) is 0.235. The zero-order valence-electron chi connectivity index (χ0n) is 11.4. The van der Waals surface area contributed by atoms with E-state index in [1.165, 1.54) is 5.56 Å². The van der Waals surface area contributed by atoms with E-state index in [4.69, 9.17) is 0 Å². The maximum Gasteiger partial charge on any atom is 0.119 e. The highest BCUT2D eigenvalue weighted by atomic mass is 15.1. The van der Waals surface area contributed by atoms with Crippen LogP contribution in [0.1, 0.15) is 5.56 Å². The number of nitrogens with zero attached hydrogens (tertiary/aromatic N) is 1. The highest BCUT2D eigenvalue weighted by Gasteiger charge is 2.18. The molecule has 0 bridgehead atoms. The van der Waals surface area contributed by atoms with Gasteiger partial charge >= 0.3 is 0 Å². The number of hydrogen-bond acceptors (Lipinski definition) is 3. The Bertz CT molecular complexity index is 522. The van der Waals surface area contributed by atoms with Crippen molar-refractivity contribution in [3.8, 4) is 0 Å². The molecule has 1 unspecified atom stereocenters. The average Bonchev–Trinajstić information content (AvgIpc) is 3.03. The molecule has 2 N–H and O–H groups in total. The highest BCUT2D eigenvalue weighted by molar-refractivity contribution is 5.91. The lowest BCUT2D eigenvalue weighted by molar-refractivity contribution is 0.863. The summed E-state index contributed by atoms with van der Waals surface area (Å²) in [6.07, 6.45) is 0.932. The van der Waals surface area contributed by atoms with Crippen molar-refractivity contribution in [3.05, 3.63) is 66.2 Å². The van der Waals surface area contributed by atoms with Crippen molar-refractivity contribution >= 4 is 11.5 Å². The van der Waals surface area contributed by atoms with Crippen LogP contribution in [0, 0.1) is 0 Å². The second kappa shape index (κ2) is 6.24. The second-order valence-corrected chi connectivity index (χ2v) is 4.95. The van der Waals surface area contributed by atoms with Crippen LogP contribution in [0.15, 0.2) is 65.7 Å². The van der Waals surface area contributed by atoms with E-state index in [1.807, 2.05) is 18.2 Å². The zero-order valence-corrected chi connectivity index (χ0v) is 11.4. The van der Waals surface area contributed by atoms with Gasteiger partial charge in [-0.05, 0) is 24.1 Å². The third kappa shape index (κ3) is 3.18. The molecule has 0 aliphatic carbocycles. The Morgan fingerprint density at radius 2 is 1.70 bits per heavy atom. The minimum Gasteiger partial charge on any atom is -0.375 e. The molecule has 0 radical (unpaired) electrons. The summed E-state index contributed by atoms with van der Waals surface area (Å²) < 4.78 is 0. The molecule has 3 heteroatoms. The van der Waals surface area contributed by atoms with Gasteiger partial charge in [-0.25, -0.2) is 0 Å². The van der Waals surface area contributed by atoms with Crippen LogP contribution >= 0.6 is 0 Å². The van der Waals surface area contributed by atoms with Gasteiger partial charge in [0, 0.05) is 12.2 Å². The summed E-state index contributed by atoms with van der Waals surface area (Å²) in [6.45, 7) is 1.81. The summed E-state index contributed by atoms with van der Waals surface area (Å²) in [7, 11) is 0. The van der Waals surface area contributed by atoms with Crippen molar-refractivity contribution in [1.29, 1.82) is 0 Å². The van der Waals surface area contributed by atoms with Gasteiger partial charge in [0.05, 0.1) is 12.6 Å². The Hall–Kier alpha value is -2.29. The number of aliphatic imine (C=N–C) groups is 1. The molecule has 0 amide bonds. The average molecular weight is 265 g/mol. The molecule has 1 aliphatic heterocycles. The largest absolute Gasteiger partial charge is 0.375 e. The highest BCUT2D eigenvalue weighted by Crippen LogP contribution is 2.12. The lowest BCUT2D eigenvalue weighted by Crippen LogP contribution is -2.38. The SMILES string of the molecule is c1ccc(CC(Nc2ccccc2)C2=NCCN2)cc1. The standard InChI is InChI=1S/C17H19N3/c1-3-7-14(8-4-1)13-16(17-18-11-12-19-17)20-15-9-5-2-6-10-15/h1-10,16,20H,11-13H2,(H,18,19). The maximum atomic E-state index is 4.57. The van der Waals surface area contributed by atoms with Gasteiger partial charge in [0.1, 0.15) is 5.84 Å². The van der Waals surface area contributed by atoms with E-state index < -0.39 is 0 Å². The summed E-state index contributed by atoms with van der Waals surface area (Å²) in [4.78, 5) is 4.57. The summed E-state index contributed by atoms with van der Waals surface area (Å²) in [5.41, 5.74) is 2.45. The molecule has 20 heavy (non-hydrogen) atoms. The van der Waals surface area contributed by atoms with Gasteiger partial charge in [0.25, 0.3) is 0 Å². The van der Waals surface area contributed by atoms with E-state index in [0.717, 1.165) is 31.0 Å². The normalized spacial score (nSPS) is 15.3. The van der Waals surface area contributed by atoms with Crippen LogP contribution in [0.3, 0.4) is 0 Å². The van der Waals surface area contributed by atoms with Crippen LogP contribution in [0.2, 0.25) is 0 Å². The minimum atomic E-state index is 0.197. The van der Waals surface area contributed by atoms with Gasteiger partial charge in [0.2, 0.25) is 0 Å². The van der Waals surface area contributed by atoms with E-state index in [2.05, 4.69) is 58.1 Å². The van der Waals surface area contributed by atoms with Crippen molar-refractivity contribution in [2.24, 2.45) is 4.99 Å². The number of anilines is 1.